The summed E-state index contributed by atoms with van der Waals surface area (Å²) in [6.45, 7) is 3.76. The fourth-order valence-electron chi connectivity index (χ4n) is 8.66. The van der Waals surface area contributed by atoms with Gasteiger partial charge in [-0.25, -0.2) is 0 Å². The average molecular weight is 439 g/mol. The number of Topliss-reactive ketones (excluding diaryl/α,β-unsaturated/α-hetero) is 1. The maximum Gasteiger partial charge on any atom is 0.302 e. The van der Waals surface area contributed by atoms with Crippen LogP contribution in [0.3, 0.4) is 0 Å². The van der Waals surface area contributed by atoms with Gasteiger partial charge >= 0.3 is 5.97 Å². The predicted molar refractivity (Wildman–Crippen MR) is 106 cm³/mol. The maximum absolute atomic E-state index is 13.8. The average Bonchev–Trinajstić information content (AvgIpc) is 2.93. The second kappa shape index (κ2) is 6.73. The molecular formula is C23H34O8. The zero-order valence-corrected chi connectivity index (χ0v) is 18.5. The first-order chi connectivity index (χ1) is 14.6. The van der Waals surface area contributed by atoms with E-state index in [4.69, 9.17) is 14.2 Å². The molecule has 4 aliphatic carbocycles. The fraction of sp³-hybridized carbons (Fsp3) is 0.913. The number of hydrogen-bond acceptors (Lipinski definition) is 8. The van der Waals surface area contributed by atoms with Gasteiger partial charge in [0.05, 0.1) is 31.3 Å². The van der Waals surface area contributed by atoms with Crippen LogP contribution in [0.15, 0.2) is 0 Å². The topological polar surface area (TPSA) is 123 Å². The van der Waals surface area contributed by atoms with E-state index in [9.17, 15) is 24.9 Å². The van der Waals surface area contributed by atoms with Crippen molar-refractivity contribution in [2.24, 2.45) is 39.9 Å². The SMILES string of the molecule is COC[C@H]1C(=O)[C@]23C[C@H]1CC[C@H]2[C@@]12CO[C@@]3(O)[C@@H](O)[C@@H]1[C@](C)(COC(C)=O)CC[C@@H]2O. The number of carbonyl (C=O) groups is 2. The lowest BCUT2D eigenvalue weighted by atomic mass is 9.36. The summed E-state index contributed by atoms with van der Waals surface area (Å²) >= 11 is 0. The summed E-state index contributed by atoms with van der Waals surface area (Å²) in [6.07, 6.45) is 0.830. The minimum atomic E-state index is -2.02. The second-order valence-electron chi connectivity index (χ2n) is 11.0. The molecule has 2 spiro atoms. The standard InChI is InChI=1S/C23H34O8/c1-12(24)30-10-20(2)7-6-16(25)21-11-31-23(28,19(27)17(20)21)22-8-13(4-5-15(21)22)14(9-29-3)18(22)26/h13-17,19,25,27-28H,4-11H2,1-3H3/t13-,14-,15+,16+,17-,19+,20+,21-,22+,23+/m1/s1. The predicted octanol–water partition coefficient (Wildman–Crippen LogP) is 0.654. The Morgan fingerprint density at radius 1 is 1.26 bits per heavy atom. The molecule has 0 amide bonds. The highest BCUT2D eigenvalue weighted by molar-refractivity contribution is 5.92. The zero-order valence-electron chi connectivity index (χ0n) is 18.5. The Kier molecular flexibility index (Phi) is 4.73. The molecule has 2 saturated heterocycles. The van der Waals surface area contributed by atoms with E-state index < -0.39 is 46.1 Å². The molecule has 4 saturated carbocycles. The van der Waals surface area contributed by atoms with Crippen LogP contribution < -0.4 is 0 Å². The number of carbonyl (C=O) groups excluding carboxylic acids is 2. The molecule has 0 radical (unpaired) electrons. The number of ketones is 1. The summed E-state index contributed by atoms with van der Waals surface area (Å²) in [7, 11) is 1.57. The highest BCUT2D eigenvalue weighted by atomic mass is 16.6. The van der Waals surface area contributed by atoms with Crippen molar-refractivity contribution in [3.8, 4) is 0 Å². The Hall–Kier alpha value is -1.06. The minimum absolute atomic E-state index is 0.0749. The molecule has 3 N–H and O–H groups in total. The Bertz CT molecular complexity index is 800. The number of esters is 1. The smallest absolute Gasteiger partial charge is 0.302 e. The lowest BCUT2D eigenvalue weighted by molar-refractivity contribution is -0.450. The monoisotopic (exact) mass is 438 g/mol. The van der Waals surface area contributed by atoms with Crippen LogP contribution in [-0.4, -0.2) is 72.0 Å². The Morgan fingerprint density at radius 3 is 2.68 bits per heavy atom. The Labute approximate surface area is 182 Å². The molecule has 8 heteroatoms. The van der Waals surface area contributed by atoms with Crippen LogP contribution >= 0.6 is 0 Å². The van der Waals surface area contributed by atoms with Crippen molar-refractivity contribution in [3.63, 3.8) is 0 Å². The number of hydrogen-bond donors (Lipinski definition) is 3. The normalized spacial score (nSPS) is 55.0. The molecule has 2 heterocycles. The molecule has 0 aromatic heterocycles. The zero-order chi connectivity index (χ0) is 22.4. The van der Waals surface area contributed by atoms with Crippen molar-refractivity contribution in [2.45, 2.75) is 63.9 Å². The van der Waals surface area contributed by atoms with E-state index >= 15 is 0 Å². The van der Waals surface area contributed by atoms with Crippen LogP contribution in [0, 0.1) is 39.9 Å². The van der Waals surface area contributed by atoms with Crippen LogP contribution in [-0.2, 0) is 23.8 Å². The number of ether oxygens (including phenoxy) is 3. The van der Waals surface area contributed by atoms with Crippen LogP contribution in [0.4, 0.5) is 0 Å². The van der Waals surface area contributed by atoms with Gasteiger partial charge in [0.2, 0.25) is 5.79 Å². The van der Waals surface area contributed by atoms with Crippen molar-refractivity contribution in [2.75, 3.05) is 26.9 Å². The molecule has 174 valence electrons. The van der Waals surface area contributed by atoms with Gasteiger partial charge in [-0.2, -0.15) is 0 Å². The van der Waals surface area contributed by atoms with Crippen LogP contribution in [0.1, 0.15) is 46.0 Å². The lowest BCUT2D eigenvalue weighted by Gasteiger charge is -2.74. The fourth-order valence-corrected chi connectivity index (χ4v) is 8.66. The summed E-state index contributed by atoms with van der Waals surface area (Å²) in [5, 5.41) is 35.0. The van der Waals surface area contributed by atoms with E-state index in [2.05, 4.69) is 0 Å². The molecule has 0 unspecified atom stereocenters. The first-order valence-electron chi connectivity index (χ1n) is 11.5. The Balaban J connectivity index is 1.65. The van der Waals surface area contributed by atoms with E-state index in [0.717, 1.165) is 6.42 Å². The van der Waals surface area contributed by atoms with Crippen molar-refractivity contribution < 1.29 is 39.1 Å². The summed E-state index contributed by atoms with van der Waals surface area (Å²) in [5.41, 5.74) is -2.76. The van der Waals surface area contributed by atoms with E-state index in [1.807, 2.05) is 6.92 Å². The molecule has 4 bridgehead atoms. The van der Waals surface area contributed by atoms with E-state index in [1.165, 1.54) is 6.92 Å². The third-order valence-corrected chi connectivity index (χ3v) is 9.79. The third kappa shape index (κ3) is 2.38. The van der Waals surface area contributed by atoms with Crippen LogP contribution in [0.25, 0.3) is 0 Å². The number of methoxy groups -OCH3 is 1. The van der Waals surface area contributed by atoms with Gasteiger partial charge in [-0.3, -0.25) is 9.59 Å². The molecule has 2 aliphatic heterocycles. The van der Waals surface area contributed by atoms with Gasteiger partial charge in [0.25, 0.3) is 0 Å². The first-order valence-corrected chi connectivity index (χ1v) is 11.5. The number of fused-ring (bicyclic) bond motifs is 2. The molecule has 0 aromatic carbocycles. The van der Waals surface area contributed by atoms with Gasteiger partial charge in [-0.15, -0.1) is 0 Å². The molecule has 6 rings (SSSR count). The quantitative estimate of drug-likeness (QED) is 0.547. The van der Waals surface area contributed by atoms with Gasteiger partial charge in [-0.1, -0.05) is 6.92 Å². The van der Waals surface area contributed by atoms with Gasteiger partial charge < -0.3 is 29.5 Å². The summed E-state index contributed by atoms with van der Waals surface area (Å²) in [5.74, 6) is -3.63. The second-order valence-corrected chi connectivity index (χ2v) is 11.0. The van der Waals surface area contributed by atoms with Gasteiger partial charge in [-0.05, 0) is 43.9 Å². The van der Waals surface area contributed by atoms with Gasteiger partial charge in [0.15, 0.2) is 0 Å². The van der Waals surface area contributed by atoms with Crippen molar-refractivity contribution in [3.05, 3.63) is 0 Å². The van der Waals surface area contributed by atoms with Crippen LogP contribution in [0.2, 0.25) is 0 Å². The van der Waals surface area contributed by atoms with E-state index in [0.29, 0.717) is 25.7 Å². The highest BCUT2D eigenvalue weighted by Gasteiger charge is 2.85. The third-order valence-electron chi connectivity index (χ3n) is 9.79. The summed E-state index contributed by atoms with van der Waals surface area (Å²) < 4.78 is 16.7. The van der Waals surface area contributed by atoms with Crippen molar-refractivity contribution >= 4 is 11.8 Å². The van der Waals surface area contributed by atoms with E-state index in [-0.39, 0.29) is 43.4 Å². The minimum Gasteiger partial charge on any atom is -0.465 e. The molecule has 31 heavy (non-hydrogen) atoms. The lowest BCUT2D eigenvalue weighted by Crippen LogP contribution is -2.84. The van der Waals surface area contributed by atoms with Gasteiger partial charge in [0, 0.05) is 36.7 Å². The molecule has 6 aliphatic rings. The Morgan fingerprint density at radius 2 is 2.00 bits per heavy atom. The number of aliphatic hydroxyl groups excluding tert-OH is 2. The number of rotatable bonds is 4. The molecule has 6 fully saturated rings. The van der Waals surface area contributed by atoms with E-state index in [1.54, 1.807) is 7.11 Å². The molecular weight excluding hydrogens is 404 g/mol. The molecule has 10 atom stereocenters. The first kappa shape index (κ1) is 21.8. The van der Waals surface area contributed by atoms with Crippen LogP contribution in [0.5, 0.6) is 0 Å². The highest BCUT2D eigenvalue weighted by Crippen LogP contribution is 2.76. The largest absolute Gasteiger partial charge is 0.465 e. The maximum atomic E-state index is 13.8. The van der Waals surface area contributed by atoms with Gasteiger partial charge in [0.1, 0.15) is 11.9 Å². The summed E-state index contributed by atoms with van der Waals surface area (Å²) in [4.78, 5) is 25.4. The molecule has 8 nitrogen and oxygen atoms in total. The number of aliphatic hydroxyl groups is 3. The summed E-state index contributed by atoms with van der Waals surface area (Å²) in [6, 6.07) is 0. The van der Waals surface area contributed by atoms with Crippen molar-refractivity contribution in [1.82, 2.24) is 0 Å². The van der Waals surface area contributed by atoms with Crippen molar-refractivity contribution in [1.29, 1.82) is 0 Å². The molecule has 0 aromatic rings.